The van der Waals surface area contributed by atoms with Crippen molar-refractivity contribution in [2.24, 2.45) is 0 Å². The van der Waals surface area contributed by atoms with E-state index in [0.29, 0.717) is 17.0 Å². The van der Waals surface area contributed by atoms with Crippen LogP contribution in [0.3, 0.4) is 0 Å². The zero-order valence-corrected chi connectivity index (χ0v) is 18.4. The van der Waals surface area contributed by atoms with Crippen molar-refractivity contribution in [3.05, 3.63) is 101 Å². The first kappa shape index (κ1) is 23.3. The van der Waals surface area contributed by atoms with Crippen LogP contribution in [0.5, 0.6) is 5.75 Å². The molecular weight excluding hydrogens is 431 g/mol. The Balaban J connectivity index is 1.89. The molecule has 32 heavy (non-hydrogen) atoms. The molecule has 0 aliphatic rings. The first-order chi connectivity index (χ1) is 15.5. The Morgan fingerprint density at radius 2 is 1.66 bits per heavy atom. The number of carbonyl (C=O) groups is 2. The van der Waals surface area contributed by atoms with Crippen molar-refractivity contribution in [2.45, 2.75) is 19.0 Å². The zero-order valence-electron chi connectivity index (χ0n) is 17.6. The number of amides is 2. The van der Waals surface area contributed by atoms with Crippen LogP contribution in [-0.4, -0.2) is 36.4 Å². The summed E-state index contributed by atoms with van der Waals surface area (Å²) in [7, 11) is 1.52. The summed E-state index contributed by atoms with van der Waals surface area (Å²) < 4.78 is 19.4. The number of nitrogens with zero attached hydrogens (tertiary/aromatic N) is 1. The first-order valence-electron chi connectivity index (χ1n) is 10.2. The van der Waals surface area contributed by atoms with Gasteiger partial charge in [0.2, 0.25) is 5.91 Å². The normalized spacial score (nSPS) is 11.5. The van der Waals surface area contributed by atoms with Crippen LogP contribution in [-0.2, 0) is 22.6 Å². The molecule has 3 aromatic rings. The Kier molecular flexibility index (Phi) is 8.22. The van der Waals surface area contributed by atoms with Gasteiger partial charge in [0.05, 0.1) is 0 Å². The number of hydrogen-bond donors (Lipinski definition) is 1. The molecule has 0 saturated carbocycles. The van der Waals surface area contributed by atoms with Crippen LogP contribution in [0.25, 0.3) is 0 Å². The van der Waals surface area contributed by atoms with Crippen LogP contribution >= 0.6 is 11.6 Å². The van der Waals surface area contributed by atoms with Gasteiger partial charge in [-0.2, -0.15) is 0 Å². The summed E-state index contributed by atoms with van der Waals surface area (Å²) in [6.45, 7) is -0.322. The molecular formula is C25H24ClFN2O3. The minimum Gasteiger partial charge on any atom is -0.481 e. The predicted molar refractivity (Wildman–Crippen MR) is 122 cm³/mol. The number of rotatable bonds is 9. The van der Waals surface area contributed by atoms with E-state index in [4.69, 9.17) is 16.3 Å². The van der Waals surface area contributed by atoms with Crippen molar-refractivity contribution in [1.82, 2.24) is 10.2 Å². The molecule has 0 radical (unpaired) electrons. The molecule has 3 aromatic carbocycles. The Morgan fingerprint density at radius 1 is 1.00 bits per heavy atom. The number of likely N-dealkylation sites (N-methyl/N-ethyl adjacent to an activating group) is 1. The topological polar surface area (TPSA) is 58.6 Å². The molecule has 0 bridgehead atoms. The van der Waals surface area contributed by atoms with Crippen LogP contribution in [0.4, 0.5) is 4.39 Å². The lowest BCUT2D eigenvalue weighted by Crippen LogP contribution is -2.51. The molecule has 166 valence electrons. The quantitative estimate of drug-likeness (QED) is 0.526. The lowest BCUT2D eigenvalue weighted by molar-refractivity contribution is -0.142. The lowest BCUT2D eigenvalue weighted by Gasteiger charge is -2.31. The molecule has 0 fully saturated rings. The van der Waals surface area contributed by atoms with Gasteiger partial charge < -0.3 is 15.0 Å². The summed E-state index contributed by atoms with van der Waals surface area (Å²) in [4.78, 5) is 27.5. The minimum atomic E-state index is -0.810. The number of hydrogen-bond acceptors (Lipinski definition) is 3. The third-order valence-electron chi connectivity index (χ3n) is 5.00. The highest BCUT2D eigenvalue weighted by atomic mass is 35.5. The third kappa shape index (κ3) is 6.08. The minimum absolute atomic E-state index is 0.0295. The van der Waals surface area contributed by atoms with Gasteiger partial charge in [0.25, 0.3) is 5.91 Å². The highest BCUT2D eigenvalue weighted by Gasteiger charge is 2.30. The maximum Gasteiger partial charge on any atom is 0.261 e. The summed E-state index contributed by atoms with van der Waals surface area (Å²) >= 11 is 6.33. The summed E-state index contributed by atoms with van der Waals surface area (Å²) in [5.74, 6) is -1.37. The Hall–Kier alpha value is -3.38. The molecule has 1 unspecified atom stereocenters. The highest BCUT2D eigenvalue weighted by Crippen LogP contribution is 2.21. The lowest BCUT2D eigenvalue weighted by atomic mass is 10.0. The summed E-state index contributed by atoms with van der Waals surface area (Å²) in [5.41, 5.74) is 1.59. The van der Waals surface area contributed by atoms with Crippen molar-refractivity contribution < 1.29 is 18.7 Å². The number of carbonyl (C=O) groups excluding carboxylic acids is 2. The van der Waals surface area contributed by atoms with E-state index in [-0.39, 0.29) is 18.2 Å². The summed E-state index contributed by atoms with van der Waals surface area (Å²) in [6, 6.07) is 21.6. The SMILES string of the molecule is CNC(=O)C(Cc1ccccc1)N(Cc1ccccc1Cl)C(=O)COc1ccccc1F. The van der Waals surface area contributed by atoms with Gasteiger partial charge in [-0.3, -0.25) is 9.59 Å². The maximum absolute atomic E-state index is 13.9. The standard InChI is InChI=1S/C25H24ClFN2O3/c1-28-25(31)22(15-18-9-3-2-4-10-18)29(16-19-11-5-6-12-20(19)26)24(30)17-32-23-14-8-7-13-21(23)27/h2-14,22H,15-17H2,1H3,(H,28,31). The second-order valence-electron chi connectivity index (χ2n) is 7.15. The van der Waals surface area contributed by atoms with E-state index in [0.717, 1.165) is 5.56 Å². The van der Waals surface area contributed by atoms with Crippen molar-refractivity contribution >= 4 is 23.4 Å². The van der Waals surface area contributed by atoms with Gasteiger partial charge in [-0.1, -0.05) is 72.3 Å². The monoisotopic (exact) mass is 454 g/mol. The molecule has 2 amide bonds. The molecule has 7 heteroatoms. The average molecular weight is 455 g/mol. The van der Waals surface area contributed by atoms with E-state index in [9.17, 15) is 14.0 Å². The van der Waals surface area contributed by atoms with E-state index in [1.165, 1.54) is 30.1 Å². The second-order valence-corrected chi connectivity index (χ2v) is 7.56. The van der Waals surface area contributed by atoms with Gasteiger partial charge >= 0.3 is 0 Å². The zero-order chi connectivity index (χ0) is 22.9. The van der Waals surface area contributed by atoms with Gasteiger partial charge in [-0.15, -0.1) is 0 Å². The van der Waals surface area contributed by atoms with E-state index < -0.39 is 24.4 Å². The summed E-state index contributed by atoms with van der Waals surface area (Å²) in [6.07, 6.45) is 0.302. The van der Waals surface area contributed by atoms with Crippen LogP contribution in [0.15, 0.2) is 78.9 Å². The average Bonchev–Trinajstić information content (AvgIpc) is 2.82. The third-order valence-corrected chi connectivity index (χ3v) is 5.37. The molecule has 0 aromatic heterocycles. The maximum atomic E-state index is 13.9. The summed E-state index contributed by atoms with van der Waals surface area (Å²) in [5, 5.41) is 3.12. The van der Waals surface area contributed by atoms with E-state index >= 15 is 0 Å². The second kappa shape index (κ2) is 11.3. The van der Waals surface area contributed by atoms with Crippen molar-refractivity contribution in [2.75, 3.05) is 13.7 Å². The number of para-hydroxylation sites is 1. The van der Waals surface area contributed by atoms with Crippen molar-refractivity contribution in [1.29, 1.82) is 0 Å². The van der Waals surface area contributed by atoms with Crippen LogP contribution in [0.1, 0.15) is 11.1 Å². The Morgan fingerprint density at radius 3 is 2.34 bits per heavy atom. The first-order valence-corrected chi connectivity index (χ1v) is 10.5. The molecule has 0 aliphatic heterocycles. The fourth-order valence-corrected chi connectivity index (χ4v) is 3.51. The smallest absolute Gasteiger partial charge is 0.261 e. The van der Waals surface area contributed by atoms with Gasteiger partial charge in [0.1, 0.15) is 6.04 Å². The Bertz CT molecular complexity index is 1060. The number of benzene rings is 3. The van der Waals surface area contributed by atoms with Gasteiger partial charge in [0, 0.05) is 25.0 Å². The van der Waals surface area contributed by atoms with Crippen molar-refractivity contribution in [3.63, 3.8) is 0 Å². The molecule has 1 atom stereocenters. The molecule has 0 saturated heterocycles. The Labute approximate surface area is 191 Å². The van der Waals surface area contributed by atoms with Gasteiger partial charge in [-0.05, 0) is 29.3 Å². The molecule has 0 aliphatic carbocycles. The number of ether oxygens (including phenoxy) is 1. The predicted octanol–water partition coefficient (Wildman–Crippen LogP) is 4.24. The van der Waals surface area contributed by atoms with Crippen LogP contribution in [0, 0.1) is 5.82 Å². The van der Waals surface area contributed by atoms with Crippen LogP contribution in [0.2, 0.25) is 5.02 Å². The van der Waals surface area contributed by atoms with Crippen LogP contribution < -0.4 is 10.1 Å². The van der Waals surface area contributed by atoms with E-state index in [2.05, 4.69) is 5.32 Å². The van der Waals surface area contributed by atoms with Gasteiger partial charge in [0.15, 0.2) is 18.2 Å². The fraction of sp³-hybridized carbons (Fsp3) is 0.200. The number of nitrogens with one attached hydrogen (secondary N) is 1. The highest BCUT2D eigenvalue weighted by molar-refractivity contribution is 6.31. The fourth-order valence-electron chi connectivity index (χ4n) is 3.31. The molecule has 3 rings (SSSR count). The van der Waals surface area contributed by atoms with E-state index in [1.807, 2.05) is 36.4 Å². The largest absolute Gasteiger partial charge is 0.481 e. The molecule has 5 nitrogen and oxygen atoms in total. The molecule has 0 heterocycles. The van der Waals surface area contributed by atoms with Crippen molar-refractivity contribution in [3.8, 4) is 5.75 Å². The molecule has 0 spiro atoms. The number of halogens is 2. The van der Waals surface area contributed by atoms with Gasteiger partial charge in [-0.25, -0.2) is 4.39 Å². The van der Waals surface area contributed by atoms with E-state index in [1.54, 1.807) is 24.3 Å². The molecule has 1 N–H and O–H groups in total.